The molecule has 1 atom stereocenters. The van der Waals surface area contributed by atoms with Gasteiger partial charge in [-0.15, -0.1) is 11.8 Å². The number of carbonyl (C=O) groups is 3. The molecule has 0 fully saturated rings. The van der Waals surface area contributed by atoms with E-state index in [0.717, 1.165) is 21.7 Å². The van der Waals surface area contributed by atoms with Crippen molar-refractivity contribution in [2.24, 2.45) is 0 Å². The van der Waals surface area contributed by atoms with E-state index in [2.05, 4.69) is 16.0 Å². The fraction of sp³-hybridized carbons (Fsp3) is 0.0541. The van der Waals surface area contributed by atoms with Crippen molar-refractivity contribution in [3.05, 3.63) is 166 Å². The number of halogens is 1. The zero-order chi connectivity index (χ0) is 31.6. The molecule has 0 radical (unpaired) electrons. The highest BCUT2D eigenvalue weighted by Gasteiger charge is 2.23. The molecule has 0 spiro atoms. The summed E-state index contributed by atoms with van der Waals surface area (Å²) in [7, 11) is 0. The molecule has 0 saturated heterocycles. The minimum absolute atomic E-state index is 0.0453. The lowest BCUT2D eigenvalue weighted by Crippen LogP contribution is -2.30. The minimum atomic E-state index is -0.555. The smallest absolute Gasteiger partial charge is 0.272 e. The number of carbonyl (C=O) groups excluding carboxylic acids is 3. The summed E-state index contributed by atoms with van der Waals surface area (Å²) in [4.78, 5) is 40.9. The van der Waals surface area contributed by atoms with Gasteiger partial charge in [-0.05, 0) is 84.3 Å². The quantitative estimate of drug-likeness (QED) is 0.106. The molecule has 0 aromatic heterocycles. The predicted octanol–water partition coefficient (Wildman–Crippen LogP) is 8.53. The second kappa shape index (κ2) is 15.1. The monoisotopic (exact) mass is 631 g/mol. The highest BCUT2D eigenvalue weighted by molar-refractivity contribution is 8.00. The lowest BCUT2D eigenvalue weighted by Gasteiger charge is -2.18. The van der Waals surface area contributed by atoms with Crippen LogP contribution in [0.4, 0.5) is 11.4 Å². The summed E-state index contributed by atoms with van der Waals surface area (Å²) in [5.74, 6) is -1.10. The Bertz CT molecular complexity index is 1840. The number of hydrogen-bond acceptors (Lipinski definition) is 4. The summed E-state index contributed by atoms with van der Waals surface area (Å²) in [5, 5.41) is 8.62. The normalized spacial score (nSPS) is 11.7. The maximum absolute atomic E-state index is 13.6. The summed E-state index contributed by atoms with van der Waals surface area (Å²) < 4.78 is 0. The van der Waals surface area contributed by atoms with Gasteiger partial charge in [0.1, 0.15) is 10.9 Å². The summed E-state index contributed by atoms with van der Waals surface area (Å²) in [6, 6.07) is 40.1. The van der Waals surface area contributed by atoms with Crippen LogP contribution in [-0.4, -0.2) is 17.7 Å². The molecule has 3 amide bonds. The van der Waals surface area contributed by atoms with Crippen LogP contribution < -0.4 is 16.0 Å². The Balaban J connectivity index is 1.37. The van der Waals surface area contributed by atoms with Crippen molar-refractivity contribution >= 4 is 58.5 Å². The molecular formula is C37H30ClN3O3S. The van der Waals surface area contributed by atoms with Gasteiger partial charge in [-0.1, -0.05) is 90.5 Å². The molecule has 5 aromatic carbocycles. The van der Waals surface area contributed by atoms with Gasteiger partial charge < -0.3 is 16.0 Å². The van der Waals surface area contributed by atoms with E-state index in [9.17, 15) is 14.4 Å². The summed E-state index contributed by atoms with van der Waals surface area (Å²) in [5.41, 5.74) is 4.22. The molecule has 0 aliphatic heterocycles. The van der Waals surface area contributed by atoms with Crippen LogP contribution in [0.1, 0.15) is 32.3 Å². The Morgan fingerprint density at radius 3 is 2.09 bits per heavy atom. The Morgan fingerprint density at radius 1 is 0.711 bits per heavy atom. The molecule has 8 heteroatoms. The molecule has 224 valence electrons. The molecule has 5 aromatic rings. The number of nitrogens with one attached hydrogen (secondary N) is 3. The number of benzene rings is 5. The van der Waals surface area contributed by atoms with E-state index in [-0.39, 0.29) is 11.6 Å². The van der Waals surface area contributed by atoms with Crippen molar-refractivity contribution in [3.63, 3.8) is 0 Å². The van der Waals surface area contributed by atoms with Crippen molar-refractivity contribution in [2.75, 3.05) is 10.6 Å². The van der Waals surface area contributed by atoms with E-state index in [1.165, 1.54) is 11.8 Å². The first-order valence-electron chi connectivity index (χ1n) is 14.2. The van der Waals surface area contributed by atoms with Crippen molar-refractivity contribution in [1.82, 2.24) is 5.32 Å². The zero-order valence-electron chi connectivity index (χ0n) is 24.4. The average Bonchev–Trinajstić information content (AvgIpc) is 3.04. The van der Waals surface area contributed by atoms with Gasteiger partial charge in [0.05, 0.1) is 0 Å². The average molecular weight is 632 g/mol. The molecule has 0 saturated carbocycles. The first-order valence-corrected chi connectivity index (χ1v) is 15.4. The number of hydrogen-bond donors (Lipinski definition) is 3. The van der Waals surface area contributed by atoms with Crippen LogP contribution in [0, 0.1) is 6.92 Å². The van der Waals surface area contributed by atoms with Gasteiger partial charge in [-0.25, -0.2) is 0 Å². The first kappa shape index (κ1) is 31.3. The number of amides is 3. The van der Waals surface area contributed by atoms with Crippen LogP contribution >= 0.6 is 23.4 Å². The molecule has 6 nitrogen and oxygen atoms in total. The lowest BCUT2D eigenvalue weighted by molar-refractivity contribution is -0.116. The van der Waals surface area contributed by atoms with Crippen LogP contribution in [0.3, 0.4) is 0 Å². The molecule has 1 unspecified atom stereocenters. The Morgan fingerprint density at radius 2 is 1.38 bits per heavy atom. The third kappa shape index (κ3) is 8.95. The van der Waals surface area contributed by atoms with Gasteiger partial charge in [-0.3, -0.25) is 14.4 Å². The molecule has 0 heterocycles. The highest BCUT2D eigenvalue weighted by atomic mass is 35.5. The third-order valence-corrected chi connectivity index (χ3v) is 8.14. The Hall–Kier alpha value is -5.11. The number of anilines is 2. The van der Waals surface area contributed by atoms with E-state index in [4.69, 9.17) is 11.6 Å². The fourth-order valence-electron chi connectivity index (χ4n) is 4.52. The van der Waals surface area contributed by atoms with Gasteiger partial charge >= 0.3 is 0 Å². The zero-order valence-corrected chi connectivity index (χ0v) is 25.9. The van der Waals surface area contributed by atoms with Crippen LogP contribution in [0.2, 0.25) is 5.02 Å². The highest BCUT2D eigenvalue weighted by Crippen LogP contribution is 2.37. The van der Waals surface area contributed by atoms with E-state index in [1.54, 1.807) is 72.8 Å². The second-order valence-electron chi connectivity index (χ2n) is 10.2. The summed E-state index contributed by atoms with van der Waals surface area (Å²) in [6.45, 7) is 1.97. The van der Waals surface area contributed by atoms with Crippen LogP contribution in [0.5, 0.6) is 0 Å². The summed E-state index contributed by atoms with van der Waals surface area (Å²) >= 11 is 7.54. The van der Waals surface area contributed by atoms with Crippen molar-refractivity contribution in [3.8, 4) is 0 Å². The van der Waals surface area contributed by atoms with Crippen molar-refractivity contribution in [2.45, 2.75) is 17.1 Å². The van der Waals surface area contributed by atoms with Crippen LogP contribution in [-0.2, 0) is 9.59 Å². The fourth-order valence-corrected chi connectivity index (χ4v) is 5.80. The predicted molar refractivity (Wildman–Crippen MR) is 183 cm³/mol. The number of aryl methyl sites for hydroxylation is 1. The third-order valence-electron chi connectivity index (χ3n) is 6.66. The first-order chi connectivity index (χ1) is 21.8. The van der Waals surface area contributed by atoms with Crippen LogP contribution in [0.15, 0.2) is 144 Å². The van der Waals surface area contributed by atoms with Gasteiger partial charge in [0.15, 0.2) is 0 Å². The SMILES string of the molecule is Cc1cccc(NC(=O)C(Sc2cccc(NC(=O)/C(=C/c3cccc(Cl)c3)NC(=O)c3ccccc3)c2)c2ccccc2)c1. The number of rotatable bonds is 10. The molecule has 3 N–H and O–H groups in total. The van der Waals surface area contributed by atoms with Gasteiger partial charge in [0.25, 0.3) is 11.8 Å². The van der Waals surface area contributed by atoms with E-state index < -0.39 is 17.1 Å². The second-order valence-corrected chi connectivity index (χ2v) is 11.8. The largest absolute Gasteiger partial charge is 0.325 e. The van der Waals surface area contributed by atoms with E-state index in [1.807, 2.05) is 73.7 Å². The van der Waals surface area contributed by atoms with Gasteiger partial charge in [-0.2, -0.15) is 0 Å². The van der Waals surface area contributed by atoms with Gasteiger partial charge in [0.2, 0.25) is 5.91 Å². The van der Waals surface area contributed by atoms with Crippen molar-refractivity contribution in [1.29, 1.82) is 0 Å². The molecule has 5 rings (SSSR count). The number of thioether (sulfide) groups is 1. The van der Waals surface area contributed by atoms with Gasteiger partial charge in [0, 0.05) is 26.9 Å². The molecular weight excluding hydrogens is 602 g/mol. The molecule has 0 aliphatic rings. The molecule has 0 aliphatic carbocycles. The lowest BCUT2D eigenvalue weighted by atomic mass is 10.1. The van der Waals surface area contributed by atoms with E-state index in [0.29, 0.717) is 21.8 Å². The Labute approximate surface area is 271 Å². The van der Waals surface area contributed by atoms with E-state index >= 15 is 0 Å². The molecule has 45 heavy (non-hydrogen) atoms. The van der Waals surface area contributed by atoms with Crippen LogP contribution in [0.25, 0.3) is 6.08 Å². The minimum Gasteiger partial charge on any atom is -0.325 e. The summed E-state index contributed by atoms with van der Waals surface area (Å²) in [6.07, 6.45) is 1.57. The standard InChI is InChI=1S/C37H30ClN3O3S/c1-25-11-8-18-30(21-25)40-37(44)34(27-13-4-2-5-14-27)45-32-20-10-19-31(24-32)39-36(43)33(23-26-12-9-17-29(38)22-26)41-35(42)28-15-6-3-7-16-28/h2-24,34H,1H3,(H,39,43)(H,40,44)(H,41,42)/b33-23-. The Kier molecular flexibility index (Phi) is 10.5. The van der Waals surface area contributed by atoms with Crippen molar-refractivity contribution < 1.29 is 14.4 Å². The molecule has 0 bridgehead atoms. The topological polar surface area (TPSA) is 87.3 Å². The maximum Gasteiger partial charge on any atom is 0.272 e. The maximum atomic E-state index is 13.6.